The van der Waals surface area contributed by atoms with Crippen LogP contribution in [-0.4, -0.2) is 19.6 Å². The summed E-state index contributed by atoms with van der Waals surface area (Å²) in [6, 6.07) is 17.7. The van der Waals surface area contributed by atoms with E-state index < -0.39 is 0 Å². The van der Waals surface area contributed by atoms with E-state index in [2.05, 4.69) is 36.6 Å². The van der Waals surface area contributed by atoms with E-state index in [0.29, 0.717) is 5.92 Å². The first-order chi connectivity index (χ1) is 11.1. The topological polar surface area (TPSA) is 50.4 Å². The average molecular weight is 312 g/mol. The molecule has 0 radical (unpaired) electrons. The molecule has 4 heteroatoms. The van der Waals surface area contributed by atoms with Crippen molar-refractivity contribution in [3.8, 4) is 5.75 Å². The number of benzene rings is 2. The van der Waals surface area contributed by atoms with Crippen molar-refractivity contribution in [1.82, 2.24) is 5.32 Å². The summed E-state index contributed by atoms with van der Waals surface area (Å²) in [5.74, 6) is 1.04. The Morgan fingerprint density at radius 1 is 1.09 bits per heavy atom. The van der Waals surface area contributed by atoms with Crippen molar-refractivity contribution in [3.05, 3.63) is 60.2 Å². The van der Waals surface area contributed by atoms with Gasteiger partial charge in [0.2, 0.25) is 5.91 Å². The summed E-state index contributed by atoms with van der Waals surface area (Å²) >= 11 is 0. The van der Waals surface area contributed by atoms with Crippen LogP contribution < -0.4 is 15.4 Å². The van der Waals surface area contributed by atoms with Gasteiger partial charge in [-0.2, -0.15) is 0 Å². The Morgan fingerprint density at radius 2 is 1.83 bits per heavy atom. The molecule has 0 spiro atoms. The number of methoxy groups -OCH3 is 1. The number of nitrogens with one attached hydrogen (secondary N) is 2. The molecule has 0 heterocycles. The summed E-state index contributed by atoms with van der Waals surface area (Å²) in [5, 5.41) is 6.22. The van der Waals surface area contributed by atoms with Crippen LogP contribution >= 0.6 is 0 Å². The van der Waals surface area contributed by atoms with Gasteiger partial charge in [0.1, 0.15) is 5.75 Å². The smallest absolute Gasteiger partial charge is 0.238 e. The van der Waals surface area contributed by atoms with Gasteiger partial charge in [0.15, 0.2) is 0 Å². The molecule has 23 heavy (non-hydrogen) atoms. The van der Waals surface area contributed by atoms with E-state index in [9.17, 15) is 4.79 Å². The maximum absolute atomic E-state index is 12.2. The van der Waals surface area contributed by atoms with Crippen molar-refractivity contribution in [2.75, 3.05) is 19.0 Å². The number of hydrogen-bond donors (Lipinski definition) is 2. The fraction of sp³-hybridized carbons (Fsp3) is 0.316. The fourth-order valence-corrected chi connectivity index (χ4v) is 2.51. The van der Waals surface area contributed by atoms with E-state index >= 15 is 0 Å². The zero-order valence-corrected chi connectivity index (χ0v) is 13.9. The molecule has 0 aromatic heterocycles. The van der Waals surface area contributed by atoms with E-state index in [-0.39, 0.29) is 18.5 Å². The molecule has 0 saturated heterocycles. The number of carbonyl (C=O) groups is 1. The van der Waals surface area contributed by atoms with E-state index in [4.69, 9.17) is 4.74 Å². The van der Waals surface area contributed by atoms with Crippen LogP contribution in [0.25, 0.3) is 0 Å². The van der Waals surface area contributed by atoms with Crippen molar-refractivity contribution in [2.24, 2.45) is 5.92 Å². The molecule has 2 aromatic rings. The number of ether oxygens (including phenoxy) is 1. The highest BCUT2D eigenvalue weighted by molar-refractivity contribution is 5.92. The summed E-state index contributed by atoms with van der Waals surface area (Å²) < 4.78 is 5.16. The summed E-state index contributed by atoms with van der Waals surface area (Å²) in [7, 11) is 1.61. The van der Waals surface area contributed by atoms with Crippen LogP contribution in [0.2, 0.25) is 0 Å². The van der Waals surface area contributed by atoms with Crippen molar-refractivity contribution >= 4 is 11.6 Å². The Morgan fingerprint density at radius 3 is 2.48 bits per heavy atom. The number of amides is 1. The third-order valence-electron chi connectivity index (χ3n) is 3.66. The summed E-state index contributed by atoms with van der Waals surface area (Å²) in [4.78, 5) is 12.2. The molecule has 0 bridgehead atoms. The number of anilines is 1. The van der Waals surface area contributed by atoms with Crippen LogP contribution in [-0.2, 0) is 4.79 Å². The minimum absolute atomic E-state index is 0.0696. The second kappa shape index (κ2) is 8.34. The van der Waals surface area contributed by atoms with Crippen LogP contribution in [0.1, 0.15) is 25.5 Å². The predicted octanol–water partition coefficient (Wildman–Crippen LogP) is 3.62. The van der Waals surface area contributed by atoms with Gasteiger partial charge < -0.3 is 15.4 Å². The van der Waals surface area contributed by atoms with Crippen LogP contribution in [0.5, 0.6) is 5.75 Å². The highest BCUT2D eigenvalue weighted by atomic mass is 16.5. The van der Waals surface area contributed by atoms with Gasteiger partial charge in [0.05, 0.1) is 13.7 Å². The van der Waals surface area contributed by atoms with Gasteiger partial charge in [-0.1, -0.05) is 50.2 Å². The SMILES string of the molecule is COc1cccc(NC(=O)CNC(c2ccccc2)C(C)C)c1. The minimum atomic E-state index is -0.0696. The molecule has 2 N–H and O–H groups in total. The standard InChI is InChI=1S/C19H24N2O2/c1-14(2)19(15-8-5-4-6-9-15)20-13-18(22)21-16-10-7-11-17(12-16)23-3/h4-12,14,19-20H,13H2,1-3H3,(H,21,22). The third kappa shape index (κ3) is 5.11. The van der Waals surface area contributed by atoms with Gasteiger partial charge >= 0.3 is 0 Å². The maximum atomic E-state index is 12.2. The van der Waals surface area contributed by atoms with E-state index in [1.165, 1.54) is 5.56 Å². The number of carbonyl (C=O) groups excluding carboxylic acids is 1. The van der Waals surface area contributed by atoms with Crippen molar-refractivity contribution in [1.29, 1.82) is 0 Å². The van der Waals surface area contributed by atoms with Crippen molar-refractivity contribution in [2.45, 2.75) is 19.9 Å². The van der Waals surface area contributed by atoms with Crippen LogP contribution in [0.4, 0.5) is 5.69 Å². The second-order valence-corrected chi connectivity index (χ2v) is 5.79. The van der Waals surface area contributed by atoms with Crippen LogP contribution in [0, 0.1) is 5.92 Å². The quantitative estimate of drug-likeness (QED) is 0.821. The molecule has 0 aliphatic heterocycles. The van der Waals surface area contributed by atoms with Gasteiger partial charge in [0.25, 0.3) is 0 Å². The molecule has 2 rings (SSSR count). The Bertz CT molecular complexity index is 626. The second-order valence-electron chi connectivity index (χ2n) is 5.79. The van der Waals surface area contributed by atoms with Crippen molar-refractivity contribution < 1.29 is 9.53 Å². The Balaban J connectivity index is 1.94. The Hall–Kier alpha value is -2.33. The van der Waals surface area contributed by atoms with E-state index in [1.807, 2.05) is 36.4 Å². The van der Waals surface area contributed by atoms with Gasteiger partial charge in [-0.25, -0.2) is 0 Å². The van der Waals surface area contributed by atoms with Crippen molar-refractivity contribution in [3.63, 3.8) is 0 Å². The maximum Gasteiger partial charge on any atom is 0.238 e. The fourth-order valence-electron chi connectivity index (χ4n) is 2.51. The summed E-state index contributed by atoms with van der Waals surface area (Å²) in [5.41, 5.74) is 1.92. The molecule has 1 amide bonds. The van der Waals surface area contributed by atoms with Gasteiger partial charge in [-0.05, 0) is 23.6 Å². The van der Waals surface area contributed by atoms with Gasteiger partial charge in [-0.15, -0.1) is 0 Å². The van der Waals surface area contributed by atoms with Gasteiger partial charge in [0, 0.05) is 17.8 Å². The lowest BCUT2D eigenvalue weighted by molar-refractivity contribution is -0.115. The largest absolute Gasteiger partial charge is 0.497 e. The van der Waals surface area contributed by atoms with Crippen LogP contribution in [0.15, 0.2) is 54.6 Å². The summed E-state index contributed by atoms with van der Waals surface area (Å²) in [6.07, 6.45) is 0. The molecule has 0 fully saturated rings. The molecule has 1 unspecified atom stereocenters. The Labute approximate surface area is 137 Å². The van der Waals surface area contributed by atoms with E-state index in [0.717, 1.165) is 11.4 Å². The van der Waals surface area contributed by atoms with Crippen LogP contribution in [0.3, 0.4) is 0 Å². The molecule has 4 nitrogen and oxygen atoms in total. The molecule has 1 atom stereocenters. The molecule has 122 valence electrons. The first-order valence-electron chi connectivity index (χ1n) is 7.82. The molecule has 0 saturated carbocycles. The molecule has 0 aliphatic rings. The molecular weight excluding hydrogens is 288 g/mol. The Kier molecular flexibility index (Phi) is 6.18. The summed E-state index contributed by atoms with van der Waals surface area (Å²) in [6.45, 7) is 4.55. The highest BCUT2D eigenvalue weighted by Gasteiger charge is 2.16. The third-order valence-corrected chi connectivity index (χ3v) is 3.66. The normalized spacial score (nSPS) is 12.0. The zero-order chi connectivity index (χ0) is 16.7. The number of rotatable bonds is 7. The zero-order valence-electron chi connectivity index (χ0n) is 13.9. The van der Waals surface area contributed by atoms with Gasteiger partial charge in [-0.3, -0.25) is 4.79 Å². The minimum Gasteiger partial charge on any atom is -0.497 e. The molecule has 2 aromatic carbocycles. The lowest BCUT2D eigenvalue weighted by atomic mass is 9.96. The molecular formula is C19H24N2O2. The first-order valence-corrected chi connectivity index (χ1v) is 7.82. The highest BCUT2D eigenvalue weighted by Crippen LogP contribution is 2.21. The first kappa shape index (κ1) is 17.0. The number of hydrogen-bond acceptors (Lipinski definition) is 3. The predicted molar refractivity (Wildman–Crippen MR) is 93.6 cm³/mol. The molecule has 0 aliphatic carbocycles. The average Bonchev–Trinajstić information content (AvgIpc) is 2.56. The monoisotopic (exact) mass is 312 g/mol. The lowest BCUT2D eigenvalue weighted by Crippen LogP contribution is -2.33. The lowest BCUT2D eigenvalue weighted by Gasteiger charge is -2.22. The van der Waals surface area contributed by atoms with E-state index in [1.54, 1.807) is 13.2 Å².